The number of ketones is 1. The van der Waals surface area contributed by atoms with Gasteiger partial charge in [-0.15, -0.1) is 3.63 Å². The summed E-state index contributed by atoms with van der Waals surface area (Å²) in [7, 11) is -17.9. The molecule has 22 nitrogen and oxygen atoms in total. The number of pyridine rings is 1. The summed E-state index contributed by atoms with van der Waals surface area (Å²) in [4.78, 5) is 64.0. The SMILES string of the molecule is CCOC(=O)C1=C(OS(=O)(=O)C(F)(F)F)CCCC1.CCOC(=O)C1CCCCC1=O.COc1cc(C=O)c(OCC2=C(c3ccnn3C(C)C)CN(C(=O)OC(C)(C)C)CC2)cn1.O=S(=O)(OS(=O)(=O)C(F)(F)F)C(F)(F)F. The van der Waals surface area contributed by atoms with Crippen LogP contribution in [0.2, 0.25) is 0 Å². The van der Waals surface area contributed by atoms with Crippen molar-refractivity contribution in [2.45, 2.75) is 134 Å². The highest BCUT2D eigenvalue weighted by Crippen LogP contribution is 2.35. The van der Waals surface area contributed by atoms with Crippen LogP contribution in [0.4, 0.5) is 44.3 Å². The van der Waals surface area contributed by atoms with Gasteiger partial charge in [0.05, 0.1) is 49.9 Å². The molecule has 1 fully saturated rings. The Morgan fingerprint density at radius 1 is 0.810 bits per heavy atom. The van der Waals surface area contributed by atoms with E-state index in [4.69, 9.17) is 18.9 Å². The summed E-state index contributed by atoms with van der Waals surface area (Å²) in [5, 5.41) is 4.46. The Morgan fingerprint density at radius 2 is 1.38 bits per heavy atom. The molecular weight excluding hydrogens is 1150 g/mol. The number of amides is 1. The maximum atomic E-state index is 12.7. The predicted molar refractivity (Wildman–Crippen MR) is 256 cm³/mol. The Labute approximate surface area is 449 Å². The van der Waals surface area contributed by atoms with Crippen LogP contribution in [0.1, 0.15) is 128 Å². The number of esters is 2. The van der Waals surface area contributed by atoms with Crippen LogP contribution in [-0.4, -0.2) is 137 Å². The average molecular weight is 1210 g/mol. The Morgan fingerprint density at radius 3 is 1.89 bits per heavy atom. The summed E-state index contributed by atoms with van der Waals surface area (Å²) in [6.45, 7) is 14.5. The first-order chi connectivity index (χ1) is 36.3. The normalized spacial score (nSPS) is 16.7. The molecule has 5 rings (SSSR count). The number of carbonyl (C=O) groups is 5. The van der Waals surface area contributed by atoms with Crippen molar-refractivity contribution in [3.05, 3.63) is 52.7 Å². The zero-order chi connectivity index (χ0) is 60.5. The van der Waals surface area contributed by atoms with Crippen molar-refractivity contribution in [3.8, 4) is 11.6 Å². The zero-order valence-electron chi connectivity index (χ0n) is 43.7. The van der Waals surface area contributed by atoms with Gasteiger partial charge < -0.3 is 32.8 Å². The first-order valence-corrected chi connectivity index (χ1v) is 27.8. The maximum absolute atomic E-state index is 12.7. The molecule has 0 radical (unpaired) electrons. The summed E-state index contributed by atoms with van der Waals surface area (Å²) in [5.41, 5.74) is -15.5. The van der Waals surface area contributed by atoms with Gasteiger partial charge in [-0.1, -0.05) is 6.42 Å². The van der Waals surface area contributed by atoms with Gasteiger partial charge in [-0.2, -0.15) is 69.9 Å². The number of carbonyl (C=O) groups excluding carboxylic acids is 5. The average Bonchev–Trinajstić information content (AvgIpc) is 3.84. The minimum absolute atomic E-state index is 0.0382. The molecule has 448 valence electrons. The predicted octanol–water partition coefficient (Wildman–Crippen LogP) is 8.41. The standard InChI is InChI=1S/C24H32N4O5.C10H13F3O5S.C9H14O3.C2F6O5S2/c1-16(2)28-20(7-9-26-28)19-13-27(23(30)33-24(3,4)5)10-8-17(19)15-32-21-12-25-22(31-6)11-18(21)14-29;1-2-17-9(14)7-5-3-4-6-8(7)18-19(15,16)10(11,12)13;1-2-12-9(11)7-5-3-4-6-8(7)10;3-1(4,5)14(9,10)13-15(11,12)2(6,7)8/h7,9,11-12,14,16H,8,10,13,15H2,1-6H3;2-6H2,1H3;7H,2-6H2,1H3;. The molecule has 2 aromatic rings. The van der Waals surface area contributed by atoms with E-state index in [1.54, 1.807) is 18.0 Å². The van der Waals surface area contributed by atoms with Crippen molar-refractivity contribution < 1.29 is 120 Å². The van der Waals surface area contributed by atoms with Gasteiger partial charge in [0.2, 0.25) is 5.88 Å². The van der Waals surface area contributed by atoms with E-state index in [-0.39, 0.29) is 55.5 Å². The number of alkyl halides is 9. The number of halogens is 9. The molecule has 0 saturated heterocycles. The lowest BCUT2D eigenvalue weighted by Crippen LogP contribution is -2.41. The summed E-state index contributed by atoms with van der Waals surface area (Å²) >= 11 is 0. The van der Waals surface area contributed by atoms with Crippen LogP contribution in [-0.2, 0) is 66.8 Å². The molecule has 0 bridgehead atoms. The van der Waals surface area contributed by atoms with E-state index in [1.807, 2.05) is 35.1 Å². The van der Waals surface area contributed by atoms with E-state index in [0.717, 1.165) is 29.7 Å². The molecule has 0 spiro atoms. The number of ether oxygens (including phenoxy) is 5. The second kappa shape index (κ2) is 28.9. The Balaban J connectivity index is 0.000000393. The largest absolute Gasteiger partial charge is 0.534 e. The number of methoxy groups -OCH3 is 1. The summed E-state index contributed by atoms with van der Waals surface area (Å²) in [6, 6.07) is 3.63. The molecule has 2 aromatic heterocycles. The second-order valence-electron chi connectivity index (χ2n) is 17.9. The number of Topliss-reactive ketones (excluding diaryl/α,β-unsaturated/α-hetero) is 1. The Bertz CT molecular complexity index is 2820. The molecular formula is C45H59F9N4O18S3. The lowest BCUT2D eigenvalue weighted by molar-refractivity contribution is -0.152. The third-order valence-corrected chi connectivity index (χ3v) is 14.0. The monoisotopic (exact) mass is 1210 g/mol. The molecule has 34 heteroatoms. The van der Waals surface area contributed by atoms with Crippen LogP contribution in [0.25, 0.3) is 5.57 Å². The molecule has 1 aliphatic heterocycles. The van der Waals surface area contributed by atoms with E-state index in [0.29, 0.717) is 75.3 Å². The molecule has 3 heterocycles. The van der Waals surface area contributed by atoms with Gasteiger partial charge in [0.25, 0.3) is 0 Å². The number of aromatic nitrogens is 3. The molecule has 0 aromatic carbocycles. The molecule has 1 amide bonds. The van der Waals surface area contributed by atoms with Crippen LogP contribution < -0.4 is 9.47 Å². The number of aldehydes is 1. The van der Waals surface area contributed by atoms with Gasteiger partial charge in [0.15, 0.2) is 6.29 Å². The van der Waals surface area contributed by atoms with Crippen LogP contribution in [0.15, 0.2) is 41.4 Å². The molecule has 1 unspecified atom stereocenters. The van der Waals surface area contributed by atoms with Gasteiger partial charge in [-0.25, -0.2) is 14.6 Å². The van der Waals surface area contributed by atoms with E-state index in [9.17, 15) is 88.7 Å². The first kappa shape index (κ1) is 69.1. The number of hydrogen-bond donors (Lipinski definition) is 0. The van der Waals surface area contributed by atoms with Crippen LogP contribution in [0.5, 0.6) is 11.6 Å². The van der Waals surface area contributed by atoms with Gasteiger partial charge in [0, 0.05) is 37.7 Å². The van der Waals surface area contributed by atoms with Crippen molar-refractivity contribution >= 4 is 66.0 Å². The van der Waals surface area contributed by atoms with Crippen LogP contribution in [0, 0.1) is 5.92 Å². The Kier molecular flexibility index (Phi) is 25.3. The van der Waals surface area contributed by atoms with Crippen molar-refractivity contribution in [1.82, 2.24) is 19.7 Å². The van der Waals surface area contributed by atoms with Gasteiger partial charge in [0.1, 0.15) is 35.4 Å². The third-order valence-electron chi connectivity index (χ3n) is 10.5. The van der Waals surface area contributed by atoms with E-state index in [2.05, 4.69) is 32.9 Å². The molecule has 79 heavy (non-hydrogen) atoms. The lowest BCUT2D eigenvalue weighted by Gasteiger charge is -2.33. The molecule has 3 aliphatic rings. The van der Waals surface area contributed by atoms with Gasteiger partial charge in [-0.3, -0.25) is 19.1 Å². The highest BCUT2D eigenvalue weighted by molar-refractivity contribution is 8.00. The fourth-order valence-electron chi connectivity index (χ4n) is 6.85. The summed E-state index contributed by atoms with van der Waals surface area (Å²) in [6.07, 6.45) is 8.45. The fourth-order valence-corrected chi connectivity index (χ4v) is 8.96. The minimum Gasteiger partial charge on any atom is -0.487 e. The van der Waals surface area contributed by atoms with Crippen LogP contribution in [0.3, 0.4) is 0 Å². The number of rotatable bonds is 15. The van der Waals surface area contributed by atoms with Crippen molar-refractivity contribution in [2.24, 2.45) is 5.92 Å². The van der Waals surface area contributed by atoms with Gasteiger partial charge >= 0.3 is 64.9 Å². The van der Waals surface area contributed by atoms with E-state index < -0.39 is 70.1 Å². The smallest absolute Gasteiger partial charge is 0.487 e. The van der Waals surface area contributed by atoms with Crippen molar-refractivity contribution in [2.75, 3.05) is 40.0 Å². The second-order valence-corrected chi connectivity index (χ2v) is 22.7. The summed E-state index contributed by atoms with van der Waals surface area (Å²) < 4.78 is 201. The third kappa shape index (κ3) is 20.9. The molecule has 2 aliphatic carbocycles. The Hall–Kier alpha value is -6.03. The first-order valence-electron chi connectivity index (χ1n) is 23.5. The fraction of sp³-hybridized carbons (Fsp3) is 0.622. The highest BCUT2D eigenvalue weighted by Gasteiger charge is 2.57. The van der Waals surface area contributed by atoms with E-state index in [1.165, 1.54) is 26.3 Å². The van der Waals surface area contributed by atoms with Crippen molar-refractivity contribution in [1.29, 1.82) is 0 Å². The molecule has 1 atom stereocenters. The number of allylic oxidation sites excluding steroid dienone is 1. The molecule has 0 N–H and O–H groups in total. The van der Waals surface area contributed by atoms with E-state index >= 15 is 0 Å². The number of nitrogens with zero attached hydrogens (tertiary/aromatic N) is 4. The molecule has 1 saturated carbocycles. The lowest BCUT2D eigenvalue weighted by atomic mass is 9.88. The minimum atomic E-state index is -6.85. The highest BCUT2D eigenvalue weighted by atomic mass is 32.3. The topological polar surface area (TPSA) is 286 Å². The maximum Gasteiger partial charge on any atom is 0.534 e. The quantitative estimate of drug-likeness (QED) is 0.0307. The number of hydrogen-bond acceptors (Lipinski definition) is 20. The van der Waals surface area contributed by atoms with Gasteiger partial charge in [-0.05, 0) is 104 Å². The van der Waals surface area contributed by atoms with Crippen LogP contribution >= 0.6 is 0 Å². The van der Waals surface area contributed by atoms with Crippen molar-refractivity contribution in [3.63, 3.8) is 0 Å². The zero-order valence-corrected chi connectivity index (χ0v) is 46.2. The summed E-state index contributed by atoms with van der Waals surface area (Å²) in [5.74, 6) is -1.32.